The van der Waals surface area contributed by atoms with Crippen molar-refractivity contribution in [1.82, 2.24) is 10.6 Å². The Labute approximate surface area is 106 Å². The van der Waals surface area contributed by atoms with Crippen molar-refractivity contribution in [2.45, 2.75) is 65.5 Å². The summed E-state index contributed by atoms with van der Waals surface area (Å²) in [7, 11) is 0. The third-order valence-electron chi connectivity index (χ3n) is 4.00. The van der Waals surface area contributed by atoms with Crippen molar-refractivity contribution in [3.63, 3.8) is 0 Å². The van der Waals surface area contributed by atoms with Crippen LogP contribution >= 0.6 is 0 Å². The van der Waals surface area contributed by atoms with Crippen LogP contribution in [0.4, 0.5) is 0 Å². The highest BCUT2D eigenvalue weighted by Crippen LogP contribution is 2.33. The molecule has 0 aromatic heterocycles. The normalized spacial score (nSPS) is 28.6. The monoisotopic (exact) mass is 240 g/mol. The van der Waals surface area contributed by atoms with E-state index in [0.29, 0.717) is 24.4 Å². The van der Waals surface area contributed by atoms with E-state index in [0.717, 1.165) is 18.9 Å². The molecule has 0 radical (unpaired) electrons. The number of carbonyl (C=O) groups excluding carboxylic acids is 1. The minimum absolute atomic E-state index is 0.201. The van der Waals surface area contributed by atoms with E-state index in [2.05, 4.69) is 38.3 Å². The summed E-state index contributed by atoms with van der Waals surface area (Å²) in [6.07, 6.45) is 4.26. The van der Waals surface area contributed by atoms with Crippen LogP contribution in [0.3, 0.4) is 0 Å². The van der Waals surface area contributed by atoms with E-state index in [1.807, 2.05) is 0 Å². The average molecular weight is 240 g/mol. The van der Waals surface area contributed by atoms with Crippen LogP contribution in [0, 0.1) is 11.8 Å². The molecule has 3 unspecified atom stereocenters. The molecule has 1 aliphatic rings. The van der Waals surface area contributed by atoms with E-state index in [1.54, 1.807) is 0 Å². The van der Waals surface area contributed by atoms with Crippen LogP contribution < -0.4 is 10.6 Å². The number of carbonyl (C=O) groups is 1. The van der Waals surface area contributed by atoms with Gasteiger partial charge in [0.15, 0.2) is 0 Å². The van der Waals surface area contributed by atoms with Crippen molar-refractivity contribution >= 4 is 5.91 Å². The van der Waals surface area contributed by atoms with Gasteiger partial charge in [0.2, 0.25) is 5.91 Å². The zero-order valence-corrected chi connectivity index (χ0v) is 11.8. The Morgan fingerprint density at radius 3 is 2.59 bits per heavy atom. The van der Waals surface area contributed by atoms with Crippen molar-refractivity contribution in [2.75, 3.05) is 6.54 Å². The maximum atomic E-state index is 11.8. The number of nitrogens with one attached hydrogen (secondary N) is 2. The maximum absolute atomic E-state index is 11.8. The quantitative estimate of drug-likeness (QED) is 0.748. The molecule has 1 amide bonds. The van der Waals surface area contributed by atoms with E-state index in [1.165, 1.54) is 12.8 Å². The molecule has 1 rings (SSSR count). The predicted molar refractivity (Wildman–Crippen MR) is 71.9 cm³/mol. The van der Waals surface area contributed by atoms with Gasteiger partial charge in [0, 0.05) is 25.0 Å². The van der Waals surface area contributed by atoms with Gasteiger partial charge >= 0.3 is 0 Å². The highest BCUT2D eigenvalue weighted by Gasteiger charge is 2.32. The molecular weight excluding hydrogens is 212 g/mol. The summed E-state index contributed by atoms with van der Waals surface area (Å²) in [5.74, 6) is 1.64. The second-order valence-corrected chi connectivity index (χ2v) is 5.64. The van der Waals surface area contributed by atoms with Crippen LogP contribution in [-0.4, -0.2) is 24.5 Å². The summed E-state index contributed by atoms with van der Waals surface area (Å²) >= 11 is 0. The predicted octanol–water partition coefficient (Wildman–Crippen LogP) is 2.32. The first-order valence-electron chi connectivity index (χ1n) is 7.07. The Morgan fingerprint density at radius 1 is 1.35 bits per heavy atom. The van der Waals surface area contributed by atoms with Crippen LogP contribution in [-0.2, 0) is 4.79 Å². The fraction of sp³-hybridized carbons (Fsp3) is 0.929. The Bertz CT molecular complexity index is 240. The Balaban J connectivity index is 2.23. The SMILES string of the molecule is CCC1CCC(NC(=O)CCNC(C)C)C1C. The van der Waals surface area contributed by atoms with Crippen LogP contribution in [0.2, 0.25) is 0 Å². The molecule has 3 atom stereocenters. The van der Waals surface area contributed by atoms with Gasteiger partial charge < -0.3 is 10.6 Å². The van der Waals surface area contributed by atoms with Gasteiger partial charge in [0.05, 0.1) is 0 Å². The second-order valence-electron chi connectivity index (χ2n) is 5.64. The molecule has 0 bridgehead atoms. The first-order chi connectivity index (χ1) is 8.04. The summed E-state index contributed by atoms with van der Waals surface area (Å²) in [5.41, 5.74) is 0. The Hall–Kier alpha value is -0.570. The molecule has 100 valence electrons. The molecule has 3 heteroatoms. The minimum atomic E-state index is 0.201. The molecule has 1 fully saturated rings. The lowest BCUT2D eigenvalue weighted by Crippen LogP contribution is -2.39. The summed E-state index contributed by atoms with van der Waals surface area (Å²) in [6.45, 7) is 9.50. The largest absolute Gasteiger partial charge is 0.353 e. The van der Waals surface area contributed by atoms with Gasteiger partial charge in [-0.05, 0) is 24.7 Å². The van der Waals surface area contributed by atoms with Crippen LogP contribution in [0.1, 0.15) is 53.4 Å². The van der Waals surface area contributed by atoms with E-state index in [4.69, 9.17) is 0 Å². The smallest absolute Gasteiger partial charge is 0.221 e. The van der Waals surface area contributed by atoms with Crippen molar-refractivity contribution in [3.05, 3.63) is 0 Å². The van der Waals surface area contributed by atoms with Crippen LogP contribution in [0.25, 0.3) is 0 Å². The fourth-order valence-corrected chi connectivity index (χ4v) is 2.78. The summed E-state index contributed by atoms with van der Waals surface area (Å²) in [4.78, 5) is 11.8. The molecule has 0 heterocycles. The molecule has 17 heavy (non-hydrogen) atoms. The Kier molecular flexibility index (Phi) is 5.96. The van der Waals surface area contributed by atoms with E-state index < -0.39 is 0 Å². The molecule has 0 aromatic rings. The van der Waals surface area contributed by atoms with Gasteiger partial charge in [-0.15, -0.1) is 0 Å². The molecule has 1 aliphatic carbocycles. The lowest BCUT2D eigenvalue weighted by Gasteiger charge is -2.21. The zero-order valence-electron chi connectivity index (χ0n) is 11.8. The van der Waals surface area contributed by atoms with Crippen molar-refractivity contribution < 1.29 is 4.79 Å². The standard InChI is InChI=1S/C14H28N2O/c1-5-12-6-7-13(11(12)4)16-14(17)8-9-15-10(2)3/h10-13,15H,5-9H2,1-4H3,(H,16,17). The molecule has 3 nitrogen and oxygen atoms in total. The molecule has 0 saturated heterocycles. The van der Waals surface area contributed by atoms with E-state index >= 15 is 0 Å². The lowest BCUT2D eigenvalue weighted by atomic mass is 9.93. The third kappa shape index (κ3) is 4.66. The van der Waals surface area contributed by atoms with Crippen molar-refractivity contribution in [1.29, 1.82) is 0 Å². The molecule has 0 aromatic carbocycles. The topological polar surface area (TPSA) is 41.1 Å². The summed E-state index contributed by atoms with van der Waals surface area (Å²) in [5, 5.41) is 6.46. The Morgan fingerprint density at radius 2 is 2.06 bits per heavy atom. The van der Waals surface area contributed by atoms with Gasteiger partial charge in [-0.3, -0.25) is 4.79 Å². The van der Waals surface area contributed by atoms with Crippen LogP contribution in [0.5, 0.6) is 0 Å². The fourth-order valence-electron chi connectivity index (χ4n) is 2.78. The van der Waals surface area contributed by atoms with Gasteiger partial charge in [0.1, 0.15) is 0 Å². The molecular formula is C14H28N2O. The van der Waals surface area contributed by atoms with Crippen molar-refractivity contribution in [2.24, 2.45) is 11.8 Å². The molecule has 0 aliphatic heterocycles. The third-order valence-corrected chi connectivity index (χ3v) is 4.00. The van der Waals surface area contributed by atoms with E-state index in [-0.39, 0.29) is 5.91 Å². The average Bonchev–Trinajstić information content (AvgIpc) is 2.59. The number of hydrogen-bond donors (Lipinski definition) is 2. The molecule has 1 saturated carbocycles. The maximum Gasteiger partial charge on any atom is 0.221 e. The number of rotatable bonds is 6. The minimum Gasteiger partial charge on any atom is -0.353 e. The van der Waals surface area contributed by atoms with Gasteiger partial charge in [-0.1, -0.05) is 34.1 Å². The summed E-state index contributed by atoms with van der Waals surface area (Å²) < 4.78 is 0. The van der Waals surface area contributed by atoms with Gasteiger partial charge in [0.25, 0.3) is 0 Å². The number of amides is 1. The second kappa shape index (κ2) is 7.00. The van der Waals surface area contributed by atoms with Gasteiger partial charge in [-0.25, -0.2) is 0 Å². The first kappa shape index (κ1) is 14.5. The first-order valence-corrected chi connectivity index (χ1v) is 7.07. The van der Waals surface area contributed by atoms with Crippen LogP contribution in [0.15, 0.2) is 0 Å². The lowest BCUT2D eigenvalue weighted by molar-refractivity contribution is -0.122. The van der Waals surface area contributed by atoms with Crippen molar-refractivity contribution in [3.8, 4) is 0 Å². The molecule has 2 N–H and O–H groups in total. The number of hydrogen-bond acceptors (Lipinski definition) is 2. The summed E-state index contributed by atoms with van der Waals surface area (Å²) in [6, 6.07) is 0.865. The highest BCUT2D eigenvalue weighted by atomic mass is 16.1. The van der Waals surface area contributed by atoms with Gasteiger partial charge in [-0.2, -0.15) is 0 Å². The zero-order chi connectivity index (χ0) is 12.8. The highest BCUT2D eigenvalue weighted by molar-refractivity contribution is 5.76. The van der Waals surface area contributed by atoms with E-state index in [9.17, 15) is 4.79 Å². The molecule has 0 spiro atoms.